The lowest BCUT2D eigenvalue weighted by molar-refractivity contribution is -0.127. The Morgan fingerprint density at radius 3 is 2.16 bits per heavy atom. The maximum absolute atomic E-state index is 15.5. The predicted molar refractivity (Wildman–Crippen MR) is 213 cm³/mol. The number of rotatable bonds is 8. The van der Waals surface area contributed by atoms with Crippen LogP contribution in [0, 0.1) is 23.7 Å². The predicted octanol–water partition coefficient (Wildman–Crippen LogP) is 7.40. The number of carboxylic acids is 1. The summed E-state index contributed by atoms with van der Waals surface area (Å²) >= 11 is 6.41. The van der Waals surface area contributed by atoms with Gasteiger partial charge in [0.2, 0.25) is 23.6 Å². The van der Waals surface area contributed by atoms with Crippen LogP contribution in [0.1, 0.15) is 45.8 Å². The Labute approximate surface area is 337 Å². The Morgan fingerprint density at radius 2 is 1.47 bits per heavy atom. The highest BCUT2D eigenvalue weighted by atomic mass is 35.5. The van der Waals surface area contributed by atoms with Crippen LogP contribution in [0.4, 0.5) is 11.4 Å². The Kier molecular flexibility index (Phi) is 8.93. The highest BCUT2D eigenvalue weighted by Crippen LogP contribution is 2.65. The van der Waals surface area contributed by atoms with E-state index in [9.17, 15) is 29.7 Å². The number of halogens is 1. The zero-order valence-electron chi connectivity index (χ0n) is 30.7. The maximum Gasteiger partial charge on any atom is 0.339 e. The Morgan fingerprint density at radius 1 is 0.741 bits per heavy atom. The van der Waals surface area contributed by atoms with Gasteiger partial charge in [-0.2, -0.15) is 0 Å². The lowest BCUT2D eigenvalue weighted by Crippen LogP contribution is -2.53. The van der Waals surface area contributed by atoms with Crippen molar-refractivity contribution in [1.29, 1.82) is 0 Å². The van der Waals surface area contributed by atoms with E-state index >= 15 is 9.59 Å². The lowest BCUT2D eigenvalue weighted by atomic mass is 9.49. The van der Waals surface area contributed by atoms with Crippen LogP contribution in [0.5, 0.6) is 17.2 Å². The first-order chi connectivity index (χ1) is 28.0. The van der Waals surface area contributed by atoms with Crippen molar-refractivity contribution in [3.05, 3.63) is 160 Å². The van der Waals surface area contributed by atoms with Crippen LogP contribution in [0.3, 0.4) is 0 Å². The second kappa shape index (κ2) is 14.0. The number of imide groups is 2. The van der Waals surface area contributed by atoms with Gasteiger partial charge in [-0.15, -0.1) is 0 Å². The standard InChI is InChI=1S/C46H35ClN2O9/c47-27-12-7-13-28(20-27)49-42(53)36-23-35-31(18-19-34-39(35)43(54)48(41(34)52)29-14-16-33(44(55)56)37(50)21-29)40(46(36,45(49)57)26-10-5-2-6-11-26)32-17-15-30(22-38(32)51)58-24-25-8-3-1-4-9-25/h1-18,20-22,34-36,39-40,50-51H,19,23-24H2,(H,55,56)/t34-,35+,36-,39-,40+,46+/m0/s1. The summed E-state index contributed by atoms with van der Waals surface area (Å²) in [5, 5.41) is 32.3. The molecule has 2 aliphatic heterocycles. The van der Waals surface area contributed by atoms with Gasteiger partial charge in [0.25, 0.3) is 0 Å². The van der Waals surface area contributed by atoms with E-state index in [0.29, 0.717) is 27.5 Å². The number of carboxylic acid groups (broad SMARTS) is 1. The first-order valence-electron chi connectivity index (χ1n) is 18.8. The number of carbonyl (C=O) groups is 5. The molecule has 4 amide bonds. The normalized spacial score (nSPS) is 24.9. The number of phenols is 2. The van der Waals surface area contributed by atoms with Crippen LogP contribution in [-0.4, -0.2) is 44.9 Å². The van der Waals surface area contributed by atoms with Gasteiger partial charge in [0.1, 0.15) is 29.4 Å². The fourth-order valence-corrected chi connectivity index (χ4v) is 9.97. The third kappa shape index (κ3) is 5.60. The van der Waals surface area contributed by atoms with Crippen molar-refractivity contribution in [3.8, 4) is 17.2 Å². The van der Waals surface area contributed by atoms with Crippen molar-refractivity contribution in [1.82, 2.24) is 0 Å². The van der Waals surface area contributed by atoms with Crippen molar-refractivity contribution < 1.29 is 44.0 Å². The number of ether oxygens (including phenoxy) is 1. The molecule has 6 atom stereocenters. The molecule has 290 valence electrons. The quantitative estimate of drug-likeness (QED) is 0.107. The molecule has 2 aliphatic carbocycles. The molecule has 12 heteroatoms. The third-order valence-corrected chi connectivity index (χ3v) is 12.4. The lowest BCUT2D eigenvalue weighted by Gasteiger charge is -2.50. The summed E-state index contributed by atoms with van der Waals surface area (Å²) in [7, 11) is 0. The first-order valence-corrected chi connectivity index (χ1v) is 19.2. The number of aromatic carboxylic acids is 1. The van der Waals surface area contributed by atoms with E-state index in [0.717, 1.165) is 27.5 Å². The number of benzene rings is 5. The molecular formula is C46H35ClN2O9. The number of phenolic OH excluding ortho intramolecular Hbond substituents is 1. The molecule has 0 bridgehead atoms. The molecule has 5 aromatic rings. The molecular weight excluding hydrogens is 760 g/mol. The SMILES string of the molecule is O=C(O)c1ccc(N2C(=O)[C@H]3[C@H](CC=C4[C@H]3C[C@H]3C(=O)N(c5cccc(Cl)c5)C(=O)[C@@]3(c3ccccc3)[C@H]4c3ccc(OCc4ccccc4)cc3O)C2=O)cc1O. The molecule has 0 unspecified atom stereocenters. The van der Waals surface area contributed by atoms with E-state index < -0.39 is 70.4 Å². The van der Waals surface area contributed by atoms with E-state index in [1.165, 1.54) is 12.1 Å². The number of hydrogen-bond acceptors (Lipinski definition) is 8. The van der Waals surface area contributed by atoms with Crippen LogP contribution in [-0.2, 0) is 31.2 Å². The number of carbonyl (C=O) groups excluding carboxylic acids is 4. The molecule has 0 radical (unpaired) electrons. The van der Waals surface area contributed by atoms with E-state index in [1.807, 2.05) is 42.5 Å². The monoisotopic (exact) mass is 794 g/mol. The van der Waals surface area contributed by atoms with Gasteiger partial charge in [0.05, 0.1) is 34.5 Å². The molecule has 2 heterocycles. The van der Waals surface area contributed by atoms with Gasteiger partial charge in [-0.25, -0.2) is 14.6 Å². The molecule has 2 saturated heterocycles. The first kappa shape index (κ1) is 36.9. The number of anilines is 2. The smallest absolute Gasteiger partial charge is 0.339 e. The highest BCUT2D eigenvalue weighted by Gasteiger charge is 2.70. The topological polar surface area (TPSA) is 162 Å². The van der Waals surface area contributed by atoms with Crippen molar-refractivity contribution in [2.24, 2.45) is 23.7 Å². The minimum atomic E-state index is -1.61. The fraction of sp³-hybridized carbons (Fsp3) is 0.196. The summed E-state index contributed by atoms with van der Waals surface area (Å²) in [5.41, 5.74) is 0.735. The summed E-state index contributed by atoms with van der Waals surface area (Å²) in [6, 6.07) is 33.4. The van der Waals surface area contributed by atoms with Gasteiger partial charge in [-0.1, -0.05) is 96.0 Å². The second-order valence-corrected chi connectivity index (χ2v) is 15.5. The Bertz CT molecular complexity index is 2580. The van der Waals surface area contributed by atoms with Crippen molar-refractivity contribution in [2.75, 3.05) is 9.80 Å². The summed E-state index contributed by atoms with van der Waals surface area (Å²) in [5.74, 6) is -8.50. The van der Waals surface area contributed by atoms with E-state index in [4.69, 9.17) is 16.3 Å². The number of aromatic hydroxyl groups is 2. The number of amides is 4. The van der Waals surface area contributed by atoms with Crippen LogP contribution >= 0.6 is 11.6 Å². The summed E-state index contributed by atoms with van der Waals surface area (Å²) in [4.78, 5) is 73.0. The van der Waals surface area contributed by atoms with Gasteiger partial charge in [0, 0.05) is 28.6 Å². The number of hydrogen-bond donors (Lipinski definition) is 3. The molecule has 11 nitrogen and oxygen atoms in total. The number of allylic oxidation sites excluding steroid dienone is 2. The van der Waals surface area contributed by atoms with Crippen molar-refractivity contribution >= 4 is 52.6 Å². The molecule has 5 aromatic carbocycles. The van der Waals surface area contributed by atoms with E-state index in [1.54, 1.807) is 60.7 Å². The summed E-state index contributed by atoms with van der Waals surface area (Å²) in [6.45, 7) is 0.237. The Balaban J connectivity index is 1.20. The van der Waals surface area contributed by atoms with Gasteiger partial charge in [-0.3, -0.25) is 19.2 Å². The molecule has 4 aliphatic rings. The average molecular weight is 795 g/mol. The van der Waals surface area contributed by atoms with Gasteiger partial charge < -0.3 is 20.1 Å². The molecule has 1 saturated carbocycles. The third-order valence-electron chi connectivity index (χ3n) is 12.2. The largest absolute Gasteiger partial charge is 0.508 e. The van der Waals surface area contributed by atoms with Crippen LogP contribution in [0.25, 0.3) is 0 Å². The minimum Gasteiger partial charge on any atom is -0.508 e. The van der Waals surface area contributed by atoms with Crippen LogP contribution in [0.2, 0.25) is 5.02 Å². The summed E-state index contributed by atoms with van der Waals surface area (Å²) in [6.07, 6.45) is 2.01. The number of fused-ring (bicyclic) bond motifs is 4. The molecule has 3 N–H and O–H groups in total. The Hall–Kier alpha value is -6.72. The zero-order chi connectivity index (χ0) is 40.5. The highest BCUT2D eigenvalue weighted by molar-refractivity contribution is 6.32. The molecule has 3 fully saturated rings. The summed E-state index contributed by atoms with van der Waals surface area (Å²) < 4.78 is 6.05. The molecule has 0 spiro atoms. The van der Waals surface area contributed by atoms with Gasteiger partial charge in [0.15, 0.2) is 0 Å². The maximum atomic E-state index is 15.5. The minimum absolute atomic E-state index is 0.0161. The van der Waals surface area contributed by atoms with Crippen LogP contribution < -0.4 is 14.5 Å². The second-order valence-electron chi connectivity index (χ2n) is 15.1. The zero-order valence-corrected chi connectivity index (χ0v) is 31.5. The molecule has 0 aromatic heterocycles. The van der Waals surface area contributed by atoms with E-state index in [-0.39, 0.29) is 42.1 Å². The van der Waals surface area contributed by atoms with E-state index in [2.05, 4.69) is 0 Å². The number of nitrogens with zero attached hydrogens (tertiary/aromatic N) is 2. The fourth-order valence-electron chi connectivity index (χ4n) is 9.78. The molecule has 9 rings (SSSR count). The van der Waals surface area contributed by atoms with Crippen molar-refractivity contribution in [3.63, 3.8) is 0 Å². The average Bonchev–Trinajstić information content (AvgIpc) is 3.61. The van der Waals surface area contributed by atoms with Gasteiger partial charge in [-0.05, 0) is 66.3 Å². The van der Waals surface area contributed by atoms with Crippen molar-refractivity contribution in [2.45, 2.75) is 30.8 Å². The van der Waals surface area contributed by atoms with Gasteiger partial charge >= 0.3 is 5.97 Å². The van der Waals surface area contributed by atoms with Crippen LogP contribution in [0.15, 0.2) is 133 Å². The molecule has 58 heavy (non-hydrogen) atoms.